The summed E-state index contributed by atoms with van der Waals surface area (Å²) in [4.78, 5) is 26.2. The first-order chi connectivity index (χ1) is 14.9. The highest BCUT2D eigenvalue weighted by Gasteiger charge is 2.71. The van der Waals surface area contributed by atoms with Crippen LogP contribution in [0.2, 0.25) is 0 Å². The first-order valence-corrected chi connectivity index (χ1v) is 11.2. The van der Waals surface area contributed by atoms with Crippen molar-refractivity contribution in [3.05, 3.63) is 58.9 Å². The SMILES string of the molecule is COc1ccc(NC(=O)C2CCC3(CC2)CC32CCc3c(C)cccc3C2=O)cc1F. The number of halogens is 1. The zero-order valence-corrected chi connectivity index (χ0v) is 18.1. The van der Waals surface area contributed by atoms with Gasteiger partial charge in [-0.3, -0.25) is 9.59 Å². The van der Waals surface area contributed by atoms with Gasteiger partial charge in [-0.1, -0.05) is 18.2 Å². The molecule has 3 aliphatic rings. The smallest absolute Gasteiger partial charge is 0.227 e. The van der Waals surface area contributed by atoms with Crippen LogP contribution in [0.15, 0.2) is 36.4 Å². The van der Waals surface area contributed by atoms with Crippen molar-refractivity contribution in [1.29, 1.82) is 0 Å². The highest BCUT2D eigenvalue weighted by molar-refractivity contribution is 6.05. The Hall–Kier alpha value is -2.69. The van der Waals surface area contributed by atoms with Crippen molar-refractivity contribution in [3.8, 4) is 5.75 Å². The van der Waals surface area contributed by atoms with E-state index in [9.17, 15) is 14.0 Å². The minimum absolute atomic E-state index is 0.0640. The van der Waals surface area contributed by atoms with Gasteiger partial charge in [-0.2, -0.15) is 0 Å². The summed E-state index contributed by atoms with van der Waals surface area (Å²) in [6, 6.07) is 10.5. The van der Waals surface area contributed by atoms with Crippen LogP contribution in [-0.4, -0.2) is 18.8 Å². The molecule has 2 spiro atoms. The minimum Gasteiger partial charge on any atom is -0.494 e. The third kappa shape index (κ3) is 3.08. The maximum Gasteiger partial charge on any atom is 0.227 e. The topological polar surface area (TPSA) is 55.4 Å². The van der Waals surface area contributed by atoms with Crippen molar-refractivity contribution < 1.29 is 18.7 Å². The lowest BCUT2D eigenvalue weighted by Crippen LogP contribution is -2.34. The summed E-state index contributed by atoms with van der Waals surface area (Å²) in [5.74, 6) is -0.166. The van der Waals surface area contributed by atoms with Gasteiger partial charge in [-0.15, -0.1) is 0 Å². The second kappa shape index (κ2) is 7.18. The summed E-state index contributed by atoms with van der Waals surface area (Å²) < 4.78 is 18.8. The van der Waals surface area contributed by atoms with E-state index in [2.05, 4.69) is 18.3 Å². The molecule has 2 aromatic rings. The largest absolute Gasteiger partial charge is 0.494 e. The Morgan fingerprint density at radius 2 is 1.94 bits per heavy atom. The number of carbonyl (C=O) groups is 2. The molecule has 1 unspecified atom stereocenters. The van der Waals surface area contributed by atoms with Crippen LogP contribution >= 0.6 is 0 Å². The molecule has 2 fully saturated rings. The number of amides is 1. The Bertz CT molecular complexity index is 1070. The molecule has 1 N–H and O–H groups in total. The maximum atomic E-state index is 13.9. The van der Waals surface area contributed by atoms with Crippen molar-refractivity contribution in [2.24, 2.45) is 16.7 Å². The van der Waals surface area contributed by atoms with E-state index in [1.165, 1.54) is 30.4 Å². The van der Waals surface area contributed by atoms with Crippen molar-refractivity contribution in [3.63, 3.8) is 0 Å². The van der Waals surface area contributed by atoms with E-state index in [4.69, 9.17) is 4.74 Å². The lowest BCUT2D eigenvalue weighted by molar-refractivity contribution is -0.121. The van der Waals surface area contributed by atoms with Gasteiger partial charge in [0.25, 0.3) is 0 Å². The summed E-state index contributed by atoms with van der Waals surface area (Å²) in [7, 11) is 1.41. The van der Waals surface area contributed by atoms with Crippen LogP contribution in [0.25, 0.3) is 0 Å². The molecule has 5 heteroatoms. The summed E-state index contributed by atoms with van der Waals surface area (Å²) in [6.07, 6.45) is 6.25. The molecular formula is C26H28FNO3. The molecule has 3 aliphatic carbocycles. The second-order valence-corrected chi connectivity index (χ2v) is 9.58. The number of fused-ring (bicyclic) bond motifs is 2. The number of benzene rings is 2. The Morgan fingerprint density at radius 1 is 1.16 bits per heavy atom. The number of hydrogen-bond acceptors (Lipinski definition) is 3. The number of rotatable bonds is 3. The molecule has 0 radical (unpaired) electrons. The third-order valence-corrected chi connectivity index (χ3v) is 8.15. The molecule has 5 rings (SSSR count). The van der Waals surface area contributed by atoms with E-state index in [-0.39, 0.29) is 28.4 Å². The molecule has 0 saturated heterocycles. The molecule has 162 valence electrons. The fourth-order valence-electron chi connectivity index (χ4n) is 6.24. The van der Waals surface area contributed by atoms with Crippen molar-refractivity contribution in [2.75, 3.05) is 12.4 Å². The number of hydrogen-bond donors (Lipinski definition) is 1. The number of carbonyl (C=O) groups excluding carboxylic acids is 2. The van der Waals surface area contributed by atoms with Crippen LogP contribution in [0.5, 0.6) is 5.75 Å². The normalized spacial score (nSPS) is 29.0. The van der Waals surface area contributed by atoms with Gasteiger partial charge >= 0.3 is 0 Å². The average Bonchev–Trinajstić information content (AvgIpc) is 3.38. The van der Waals surface area contributed by atoms with Gasteiger partial charge in [-0.25, -0.2) is 4.39 Å². The predicted molar refractivity (Wildman–Crippen MR) is 117 cm³/mol. The number of ketones is 1. The molecule has 1 amide bonds. The van der Waals surface area contributed by atoms with Crippen LogP contribution in [-0.2, 0) is 11.2 Å². The molecule has 31 heavy (non-hydrogen) atoms. The summed E-state index contributed by atoms with van der Waals surface area (Å²) >= 11 is 0. The van der Waals surface area contributed by atoms with Crippen LogP contribution in [0.3, 0.4) is 0 Å². The van der Waals surface area contributed by atoms with Gasteiger partial charge in [0.05, 0.1) is 7.11 Å². The quantitative estimate of drug-likeness (QED) is 0.714. The lowest BCUT2D eigenvalue weighted by Gasteiger charge is -2.34. The van der Waals surface area contributed by atoms with E-state index in [1.807, 2.05) is 12.1 Å². The molecular weight excluding hydrogens is 393 g/mol. The van der Waals surface area contributed by atoms with E-state index < -0.39 is 5.82 Å². The van der Waals surface area contributed by atoms with E-state index in [1.54, 1.807) is 6.07 Å². The van der Waals surface area contributed by atoms with Gasteiger partial charge in [0.2, 0.25) is 5.91 Å². The fourth-order valence-corrected chi connectivity index (χ4v) is 6.24. The fraction of sp³-hybridized carbons (Fsp3) is 0.462. The zero-order valence-electron chi connectivity index (χ0n) is 18.1. The Labute approximate surface area is 182 Å². The highest BCUT2D eigenvalue weighted by atomic mass is 19.1. The van der Waals surface area contributed by atoms with E-state index in [0.29, 0.717) is 11.5 Å². The van der Waals surface area contributed by atoms with Crippen LogP contribution < -0.4 is 10.1 Å². The number of methoxy groups -OCH3 is 1. The summed E-state index contributed by atoms with van der Waals surface area (Å²) in [6.45, 7) is 2.09. The van der Waals surface area contributed by atoms with Crippen LogP contribution in [0.1, 0.15) is 60.0 Å². The van der Waals surface area contributed by atoms with Crippen molar-refractivity contribution in [2.45, 2.75) is 51.9 Å². The van der Waals surface area contributed by atoms with Gasteiger partial charge in [-0.05, 0) is 80.5 Å². The van der Waals surface area contributed by atoms with E-state index in [0.717, 1.165) is 50.5 Å². The molecule has 0 aliphatic heterocycles. The predicted octanol–water partition coefficient (Wildman–Crippen LogP) is 5.48. The second-order valence-electron chi connectivity index (χ2n) is 9.58. The van der Waals surface area contributed by atoms with Gasteiger partial charge < -0.3 is 10.1 Å². The van der Waals surface area contributed by atoms with Gasteiger partial charge in [0.1, 0.15) is 0 Å². The number of Topliss-reactive ketones (excluding diaryl/α,β-unsaturated/α-hetero) is 1. The zero-order chi connectivity index (χ0) is 21.8. The number of ether oxygens (including phenoxy) is 1. The Balaban J connectivity index is 1.25. The van der Waals surface area contributed by atoms with Crippen molar-refractivity contribution >= 4 is 17.4 Å². The molecule has 4 nitrogen and oxygen atoms in total. The van der Waals surface area contributed by atoms with Gasteiger partial charge in [0.15, 0.2) is 17.3 Å². The molecule has 2 saturated carbocycles. The first-order valence-electron chi connectivity index (χ1n) is 11.2. The monoisotopic (exact) mass is 421 g/mol. The molecule has 2 aromatic carbocycles. The summed E-state index contributed by atoms with van der Waals surface area (Å²) in [5.41, 5.74) is 3.65. The van der Waals surface area contributed by atoms with Crippen LogP contribution in [0, 0.1) is 29.5 Å². The third-order valence-electron chi connectivity index (χ3n) is 8.15. The molecule has 0 bridgehead atoms. The van der Waals surface area contributed by atoms with Crippen molar-refractivity contribution in [1.82, 2.24) is 0 Å². The van der Waals surface area contributed by atoms with Gasteiger partial charge in [0, 0.05) is 28.7 Å². The lowest BCUT2D eigenvalue weighted by atomic mass is 9.68. The molecule has 0 heterocycles. The standard InChI is InChI=1S/C26H28FNO3/c1-16-4-3-5-20-19(16)10-13-26(23(20)29)15-25(26)11-8-17(9-12-25)24(30)28-18-6-7-22(31-2)21(27)14-18/h3-7,14,17H,8-13,15H2,1-2H3,(H,28,30). The number of aryl methyl sites for hydroxylation is 1. The summed E-state index contributed by atoms with van der Waals surface area (Å²) in [5, 5.41) is 2.85. The maximum absolute atomic E-state index is 13.9. The van der Waals surface area contributed by atoms with Crippen LogP contribution in [0.4, 0.5) is 10.1 Å². The first kappa shape index (κ1) is 20.2. The average molecular weight is 422 g/mol. The highest BCUT2D eigenvalue weighted by Crippen LogP contribution is 2.74. The molecule has 0 aromatic heterocycles. The number of anilines is 1. The Morgan fingerprint density at radius 3 is 2.65 bits per heavy atom. The minimum atomic E-state index is -0.492. The number of nitrogens with one attached hydrogen (secondary N) is 1. The molecule has 1 atom stereocenters. The van der Waals surface area contributed by atoms with E-state index >= 15 is 0 Å². The Kier molecular flexibility index (Phi) is 4.68.